The van der Waals surface area contributed by atoms with Crippen molar-refractivity contribution in [1.82, 2.24) is 14.8 Å². The summed E-state index contributed by atoms with van der Waals surface area (Å²) in [5.41, 5.74) is -1.56. The van der Waals surface area contributed by atoms with Gasteiger partial charge in [0.25, 0.3) is 11.8 Å². The minimum Gasteiger partial charge on any atom is -0.503 e. The normalized spacial score (nSPS) is 21.7. The van der Waals surface area contributed by atoms with E-state index in [9.17, 15) is 28.3 Å². The average Bonchev–Trinajstić information content (AvgIpc) is 2.73. The highest BCUT2D eigenvalue weighted by molar-refractivity contribution is 5.99. The van der Waals surface area contributed by atoms with Gasteiger partial charge < -0.3 is 24.6 Å². The molecule has 1 saturated heterocycles. The van der Waals surface area contributed by atoms with Crippen LogP contribution in [0, 0.1) is 0 Å². The first kappa shape index (κ1) is 22.4. The number of rotatable bonds is 5. The molecule has 8 nitrogen and oxygen atoms in total. The summed E-state index contributed by atoms with van der Waals surface area (Å²) in [6.07, 6.45) is 2.66. The van der Waals surface area contributed by atoms with Gasteiger partial charge in [-0.2, -0.15) is 0 Å². The Bertz CT molecular complexity index is 1060. The highest BCUT2D eigenvalue weighted by atomic mass is 19.1. The topological polar surface area (TPSA) is 101 Å². The Morgan fingerprint density at radius 3 is 2.77 bits per heavy atom. The van der Waals surface area contributed by atoms with E-state index in [0.717, 1.165) is 6.08 Å². The van der Waals surface area contributed by atoms with Gasteiger partial charge in [-0.25, -0.2) is 8.78 Å². The zero-order valence-corrected chi connectivity index (χ0v) is 17.2. The minimum absolute atomic E-state index is 0.0202. The fourth-order valence-electron chi connectivity index (χ4n) is 3.63. The third-order valence-electron chi connectivity index (χ3n) is 5.26. The molecule has 1 aromatic rings. The van der Waals surface area contributed by atoms with Gasteiger partial charge in [0.05, 0.1) is 25.3 Å². The van der Waals surface area contributed by atoms with Crippen molar-refractivity contribution in [3.63, 3.8) is 0 Å². The number of nitrogens with zero attached hydrogens (tertiary/aromatic N) is 2. The Morgan fingerprint density at radius 2 is 2.10 bits per heavy atom. The smallest absolute Gasteiger partial charge is 0.275 e. The van der Waals surface area contributed by atoms with Gasteiger partial charge in [0.2, 0.25) is 5.43 Å². The molecule has 2 aliphatic heterocycles. The van der Waals surface area contributed by atoms with Gasteiger partial charge in [0.1, 0.15) is 17.2 Å². The number of ether oxygens (including phenoxy) is 1. The zero-order valence-electron chi connectivity index (χ0n) is 17.2. The maximum Gasteiger partial charge on any atom is 0.275 e. The van der Waals surface area contributed by atoms with E-state index in [1.54, 1.807) is 4.90 Å². The summed E-state index contributed by atoms with van der Waals surface area (Å²) in [5.74, 6) is -3.95. The number of carbonyl (C=O) groups excluding carboxylic acids is 2. The molecule has 0 aliphatic carbocycles. The average molecular weight is 435 g/mol. The Balaban J connectivity index is 1.87. The number of hydrogen-bond acceptors (Lipinski definition) is 5. The lowest BCUT2D eigenvalue weighted by Gasteiger charge is -2.44. The van der Waals surface area contributed by atoms with Crippen molar-refractivity contribution in [1.29, 1.82) is 0 Å². The van der Waals surface area contributed by atoms with Crippen molar-refractivity contribution in [2.75, 3.05) is 19.8 Å². The van der Waals surface area contributed by atoms with Gasteiger partial charge in [-0.1, -0.05) is 6.58 Å². The Kier molecular flexibility index (Phi) is 6.40. The maximum atomic E-state index is 13.9. The van der Waals surface area contributed by atoms with Crippen LogP contribution in [0.5, 0.6) is 5.75 Å². The van der Waals surface area contributed by atoms with Crippen molar-refractivity contribution < 1.29 is 28.2 Å². The largest absolute Gasteiger partial charge is 0.503 e. The summed E-state index contributed by atoms with van der Waals surface area (Å²) in [4.78, 5) is 39.5. The Morgan fingerprint density at radius 1 is 1.39 bits per heavy atom. The second-order valence-electron chi connectivity index (χ2n) is 7.52. The van der Waals surface area contributed by atoms with Gasteiger partial charge in [-0.05, 0) is 25.5 Å². The quantitative estimate of drug-likeness (QED) is 0.687. The van der Waals surface area contributed by atoms with Gasteiger partial charge >= 0.3 is 0 Å². The number of hydrogen-bond donors (Lipinski definition) is 2. The highest BCUT2D eigenvalue weighted by Crippen LogP contribution is 2.27. The molecule has 1 aromatic heterocycles. The molecule has 0 aromatic carbocycles. The molecule has 0 unspecified atom stereocenters. The van der Waals surface area contributed by atoms with Crippen LogP contribution in [0.3, 0.4) is 0 Å². The van der Waals surface area contributed by atoms with E-state index in [4.69, 9.17) is 4.74 Å². The number of nitrogens with one attached hydrogen (secondary N) is 1. The number of allylic oxidation sites excluding steroid dienone is 4. The number of pyridine rings is 1. The second kappa shape index (κ2) is 8.84. The summed E-state index contributed by atoms with van der Waals surface area (Å²) in [5, 5.41) is 12.8. The Hall–Kier alpha value is -3.27. The van der Waals surface area contributed by atoms with Crippen LogP contribution in [0.2, 0.25) is 0 Å². The zero-order chi connectivity index (χ0) is 22.9. The summed E-state index contributed by atoms with van der Waals surface area (Å²) >= 11 is 0. The van der Waals surface area contributed by atoms with Crippen LogP contribution in [0.15, 0.2) is 46.9 Å². The molecule has 3 heterocycles. The van der Waals surface area contributed by atoms with Gasteiger partial charge in [-0.3, -0.25) is 14.4 Å². The number of fused-ring (bicyclic) bond motifs is 2. The minimum atomic E-state index is -1.00. The monoisotopic (exact) mass is 435 g/mol. The lowest BCUT2D eigenvalue weighted by atomic mass is 10.0. The van der Waals surface area contributed by atoms with Crippen molar-refractivity contribution in [2.24, 2.45) is 0 Å². The number of carbonyl (C=O) groups is 2. The molecule has 2 atom stereocenters. The number of aromatic hydroxyl groups is 1. The van der Waals surface area contributed by atoms with Crippen molar-refractivity contribution >= 4 is 11.8 Å². The molecule has 0 radical (unpaired) electrons. The summed E-state index contributed by atoms with van der Waals surface area (Å²) in [6, 6.07) is -0.519. The lowest BCUT2D eigenvalue weighted by molar-refractivity contribution is -0.0416. The number of amides is 2. The first-order valence-corrected chi connectivity index (χ1v) is 9.65. The third-order valence-corrected chi connectivity index (χ3v) is 5.26. The molecule has 2 amide bonds. The standard InChI is InChI=1S/C21H23F2N3O5/c1-4-13(22)5-16(23)11(2)6-24-20(29)15-8-25-7-14-10-31-9-12(3)26(14)21(30)17(25)19(28)18(15)27/h4-5,8,12,14,28H,1,6-7,9-10H2,2-3H3,(H,24,29)/b13-5+,16-11-/t12-,14-/m1/s1. The molecule has 2 N–H and O–H groups in total. The molecule has 31 heavy (non-hydrogen) atoms. The highest BCUT2D eigenvalue weighted by Gasteiger charge is 2.40. The van der Waals surface area contributed by atoms with E-state index in [2.05, 4.69) is 11.9 Å². The van der Waals surface area contributed by atoms with Crippen molar-refractivity contribution in [3.8, 4) is 5.75 Å². The molecule has 0 spiro atoms. The second-order valence-corrected chi connectivity index (χ2v) is 7.52. The van der Waals surface area contributed by atoms with Gasteiger partial charge in [0, 0.05) is 25.4 Å². The lowest BCUT2D eigenvalue weighted by Crippen LogP contribution is -2.58. The van der Waals surface area contributed by atoms with Crippen LogP contribution in [0.4, 0.5) is 8.78 Å². The molecule has 166 valence electrons. The van der Waals surface area contributed by atoms with Crippen LogP contribution in [0.25, 0.3) is 0 Å². The van der Waals surface area contributed by atoms with Gasteiger partial charge in [-0.15, -0.1) is 0 Å². The summed E-state index contributed by atoms with van der Waals surface area (Å²) in [7, 11) is 0. The Labute approximate surface area is 177 Å². The van der Waals surface area contributed by atoms with Crippen LogP contribution in [-0.2, 0) is 11.3 Å². The summed E-state index contributed by atoms with van der Waals surface area (Å²) < 4.78 is 33.8. The SMILES string of the molecule is C=C/C(F)=C\C(F)=C(/C)CNC(=O)c1cn2c(c(O)c1=O)C(=O)N1[C@@H](COC[C@H]1C)C2. The predicted octanol–water partition coefficient (Wildman–Crippen LogP) is 1.81. The van der Waals surface area contributed by atoms with Crippen LogP contribution < -0.4 is 10.7 Å². The molecular weight excluding hydrogens is 412 g/mol. The molecular formula is C21H23F2N3O5. The number of aromatic nitrogens is 1. The van der Waals surface area contributed by atoms with Crippen molar-refractivity contribution in [2.45, 2.75) is 32.5 Å². The third kappa shape index (κ3) is 4.29. The van der Waals surface area contributed by atoms with Crippen molar-refractivity contribution in [3.05, 3.63) is 63.6 Å². The van der Waals surface area contributed by atoms with E-state index in [1.165, 1.54) is 17.7 Å². The number of halogens is 2. The molecule has 2 aliphatic rings. The van der Waals surface area contributed by atoms with E-state index >= 15 is 0 Å². The molecule has 1 fully saturated rings. The van der Waals surface area contributed by atoms with Crippen LogP contribution >= 0.6 is 0 Å². The molecule has 10 heteroatoms. The van der Waals surface area contributed by atoms with Crippen LogP contribution in [-0.4, -0.2) is 58.2 Å². The molecule has 0 saturated carbocycles. The van der Waals surface area contributed by atoms with Gasteiger partial charge in [0.15, 0.2) is 11.4 Å². The first-order chi connectivity index (χ1) is 14.6. The van der Waals surface area contributed by atoms with E-state index < -0.39 is 40.2 Å². The first-order valence-electron chi connectivity index (χ1n) is 9.65. The number of morpholine rings is 1. The predicted molar refractivity (Wildman–Crippen MR) is 108 cm³/mol. The molecule has 3 rings (SSSR count). The van der Waals surface area contributed by atoms with E-state index in [1.807, 2.05) is 6.92 Å². The fourth-order valence-corrected chi connectivity index (χ4v) is 3.63. The molecule has 0 bridgehead atoms. The fraction of sp³-hybridized carbons (Fsp3) is 0.381. The maximum absolute atomic E-state index is 13.9. The summed E-state index contributed by atoms with van der Waals surface area (Å²) in [6.45, 7) is 6.91. The van der Waals surface area contributed by atoms with E-state index in [0.29, 0.717) is 19.3 Å². The van der Waals surface area contributed by atoms with Crippen LogP contribution in [0.1, 0.15) is 34.7 Å². The van der Waals surface area contributed by atoms with E-state index in [-0.39, 0.29) is 36.4 Å².